The molecule has 1 aromatic rings. The molecule has 8 heteroatoms. The van der Waals surface area contributed by atoms with Gasteiger partial charge in [-0.25, -0.2) is 9.18 Å². The van der Waals surface area contributed by atoms with Crippen LogP contribution in [0.25, 0.3) is 0 Å². The molecule has 1 heterocycles. The Bertz CT molecular complexity index is 663. The van der Waals surface area contributed by atoms with Crippen molar-refractivity contribution in [1.82, 2.24) is 5.32 Å². The molecule has 1 aliphatic carbocycles. The summed E-state index contributed by atoms with van der Waals surface area (Å²) in [4.78, 5) is 24.0. The molecule has 1 aliphatic heterocycles. The predicted molar refractivity (Wildman–Crippen MR) is 85.7 cm³/mol. The Morgan fingerprint density at radius 3 is 2.79 bits per heavy atom. The van der Waals surface area contributed by atoms with Crippen molar-refractivity contribution in [3.63, 3.8) is 0 Å². The van der Waals surface area contributed by atoms with Crippen LogP contribution in [-0.4, -0.2) is 48.0 Å². The monoisotopic (exact) mass is 337 g/mol. The maximum atomic E-state index is 14.4. The number of carbonyl (C=O) groups is 2. The largest absolute Gasteiger partial charge is 0.465 e. The summed E-state index contributed by atoms with van der Waals surface area (Å²) in [6, 6.07) is 3.01. The number of hydrogen-bond acceptors (Lipinski definition) is 4. The fourth-order valence-corrected chi connectivity index (χ4v) is 2.84. The third kappa shape index (κ3) is 3.76. The van der Waals surface area contributed by atoms with E-state index in [9.17, 15) is 19.1 Å². The topological polar surface area (TPSA) is 102 Å². The van der Waals surface area contributed by atoms with Crippen molar-refractivity contribution < 1.29 is 24.2 Å². The van der Waals surface area contributed by atoms with Gasteiger partial charge in [-0.05, 0) is 36.5 Å². The van der Waals surface area contributed by atoms with E-state index in [1.165, 1.54) is 11.0 Å². The smallest absolute Gasteiger partial charge is 0.404 e. The molecule has 3 rings (SSSR count). The Kier molecular flexibility index (Phi) is 4.57. The zero-order valence-corrected chi connectivity index (χ0v) is 13.1. The van der Waals surface area contributed by atoms with Crippen molar-refractivity contribution in [2.45, 2.75) is 25.4 Å². The summed E-state index contributed by atoms with van der Waals surface area (Å²) in [5.74, 6) is -0.0627. The fourth-order valence-electron chi connectivity index (χ4n) is 2.84. The predicted octanol–water partition coefficient (Wildman–Crippen LogP) is 1.17. The molecule has 0 aromatic heterocycles. The number of hydrogen-bond donors (Lipinski definition) is 4. The van der Waals surface area contributed by atoms with Crippen molar-refractivity contribution in [1.29, 1.82) is 0 Å². The van der Waals surface area contributed by atoms with Crippen LogP contribution in [0.2, 0.25) is 0 Å². The van der Waals surface area contributed by atoms with Crippen molar-refractivity contribution >= 4 is 23.4 Å². The summed E-state index contributed by atoms with van der Waals surface area (Å²) >= 11 is 0. The minimum atomic E-state index is -1.22. The van der Waals surface area contributed by atoms with E-state index >= 15 is 0 Å². The van der Waals surface area contributed by atoms with Crippen molar-refractivity contribution in [2.24, 2.45) is 5.92 Å². The SMILES string of the molecule is O=C(O)NC[C@H](O)CNc1cc(F)c2c(c1)CC(=O)N2CC1CC1. The van der Waals surface area contributed by atoms with E-state index in [4.69, 9.17) is 5.11 Å². The average molecular weight is 337 g/mol. The Labute approximate surface area is 138 Å². The molecule has 7 nitrogen and oxygen atoms in total. The summed E-state index contributed by atoms with van der Waals surface area (Å²) in [5, 5.41) is 23.1. The number of aliphatic hydroxyl groups is 1. The van der Waals surface area contributed by atoms with Crippen LogP contribution >= 0.6 is 0 Å². The Morgan fingerprint density at radius 2 is 2.12 bits per heavy atom. The maximum Gasteiger partial charge on any atom is 0.404 e. The van der Waals surface area contributed by atoms with Gasteiger partial charge >= 0.3 is 6.09 Å². The Hall–Kier alpha value is -2.35. The molecule has 1 saturated carbocycles. The molecule has 0 spiro atoms. The van der Waals surface area contributed by atoms with Gasteiger partial charge in [-0.1, -0.05) is 0 Å². The third-order valence-corrected chi connectivity index (χ3v) is 4.22. The maximum absolute atomic E-state index is 14.4. The summed E-state index contributed by atoms with van der Waals surface area (Å²) in [6.07, 6.45) is 0.195. The summed E-state index contributed by atoms with van der Waals surface area (Å²) in [7, 11) is 0. The van der Waals surface area contributed by atoms with E-state index in [2.05, 4.69) is 10.6 Å². The molecule has 0 radical (unpaired) electrons. The molecule has 0 bridgehead atoms. The van der Waals surface area contributed by atoms with Gasteiger partial charge in [-0.2, -0.15) is 0 Å². The summed E-state index contributed by atoms with van der Waals surface area (Å²) in [5.41, 5.74) is 1.47. The number of halogens is 1. The fraction of sp³-hybridized carbons (Fsp3) is 0.500. The quantitative estimate of drug-likeness (QED) is 0.598. The van der Waals surface area contributed by atoms with Crippen molar-refractivity contribution in [3.05, 3.63) is 23.5 Å². The number of amides is 2. The summed E-state index contributed by atoms with van der Waals surface area (Å²) in [6.45, 7) is 0.525. The van der Waals surface area contributed by atoms with Gasteiger partial charge in [-0.15, -0.1) is 0 Å². The zero-order valence-electron chi connectivity index (χ0n) is 13.1. The van der Waals surface area contributed by atoms with Crippen LogP contribution in [0.4, 0.5) is 20.6 Å². The van der Waals surface area contributed by atoms with E-state index < -0.39 is 18.0 Å². The van der Waals surface area contributed by atoms with Crippen LogP contribution in [0, 0.1) is 11.7 Å². The number of carbonyl (C=O) groups excluding carboxylic acids is 1. The number of aliphatic hydroxyl groups excluding tert-OH is 1. The highest BCUT2D eigenvalue weighted by atomic mass is 19.1. The standard InChI is InChI=1S/C16H20FN3O4/c17-13-5-11(18-6-12(21)7-19-16(23)24)3-10-4-14(22)20(15(10)13)8-9-1-2-9/h3,5,9,12,18-19,21H,1-2,4,6-8H2,(H,23,24)/t12-/m1/s1. The molecule has 0 saturated heterocycles. The molecule has 1 fully saturated rings. The van der Waals surface area contributed by atoms with Gasteiger partial charge in [0.2, 0.25) is 5.91 Å². The Balaban J connectivity index is 1.65. The van der Waals surface area contributed by atoms with Crippen molar-refractivity contribution in [3.8, 4) is 0 Å². The van der Waals surface area contributed by atoms with Gasteiger partial charge in [0.15, 0.2) is 0 Å². The van der Waals surface area contributed by atoms with Gasteiger partial charge in [-0.3, -0.25) is 4.79 Å². The van der Waals surface area contributed by atoms with E-state index in [-0.39, 0.29) is 25.4 Å². The van der Waals surface area contributed by atoms with Gasteiger partial charge in [0.25, 0.3) is 0 Å². The number of carboxylic acid groups (broad SMARTS) is 1. The number of benzene rings is 1. The minimum absolute atomic E-state index is 0.0677. The highest BCUT2D eigenvalue weighted by Gasteiger charge is 2.35. The van der Waals surface area contributed by atoms with Crippen molar-refractivity contribution in [2.75, 3.05) is 29.9 Å². The van der Waals surface area contributed by atoms with Crippen LogP contribution in [0.15, 0.2) is 12.1 Å². The second kappa shape index (κ2) is 6.64. The molecule has 2 aliphatic rings. The molecule has 2 amide bonds. The highest BCUT2D eigenvalue weighted by Crippen LogP contribution is 2.38. The van der Waals surface area contributed by atoms with Gasteiger partial charge in [0.1, 0.15) is 5.82 Å². The second-order valence-electron chi connectivity index (χ2n) is 6.31. The van der Waals surface area contributed by atoms with E-state index in [1.54, 1.807) is 6.07 Å². The van der Waals surface area contributed by atoms with Gasteiger partial charge in [0, 0.05) is 25.3 Å². The lowest BCUT2D eigenvalue weighted by Crippen LogP contribution is -2.34. The van der Waals surface area contributed by atoms with Crippen LogP contribution in [0.3, 0.4) is 0 Å². The van der Waals surface area contributed by atoms with E-state index in [0.29, 0.717) is 29.4 Å². The third-order valence-electron chi connectivity index (χ3n) is 4.22. The first-order chi connectivity index (χ1) is 11.4. The summed E-state index contributed by atoms with van der Waals surface area (Å²) < 4.78 is 14.4. The Morgan fingerprint density at radius 1 is 1.38 bits per heavy atom. The lowest BCUT2D eigenvalue weighted by atomic mass is 10.1. The van der Waals surface area contributed by atoms with E-state index in [0.717, 1.165) is 12.8 Å². The molecule has 24 heavy (non-hydrogen) atoms. The van der Waals surface area contributed by atoms with E-state index in [1.807, 2.05) is 0 Å². The molecule has 1 atom stereocenters. The number of nitrogens with zero attached hydrogens (tertiary/aromatic N) is 1. The molecule has 1 aromatic carbocycles. The zero-order chi connectivity index (χ0) is 17.3. The number of nitrogens with one attached hydrogen (secondary N) is 2. The van der Waals surface area contributed by atoms with Crippen LogP contribution in [0.1, 0.15) is 18.4 Å². The molecule has 130 valence electrons. The number of anilines is 2. The first-order valence-electron chi connectivity index (χ1n) is 7.95. The highest BCUT2D eigenvalue weighted by molar-refractivity contribution is 6.02. The van der Waals surface area contributed by atoms with Crippen LogP contribution in [-0.2, 0) is 11.2 Å². The van der Waals surface area contributed by atoms with Gasteiger partial charge < -0.3 is 25.7 Å². The normalized spacial score (nSPS) is 17.6. The molecular weight excluding hydrogens is 317 g/mol. The number of fused-ring (bicyclic) bond motifs is 1. The first kappa shape index (κ1) is 16.5. The lowest BCUT2D eigenvalue weighted by Gasteiger charge is -2.18. The second-order valence-corrected chi connectivity index (χ2v) is 6.31. The molecule has 0 unspecified atom stereocenters. The average Bonchev–Trinajstić information content (AvgIpc) is 3.27. The van der Waals surface area contributed by atoms with Crippen LogP contribution in [0.5, 0.6) is 0 Å². The van der Waals surface area contributed by atoms with Crippen LogP contribution < -0.4 is 15.5 Å². The van der Waals surface area contributed by atoms with Gasteiger partial charge in [0.05, 0.1) is 18.2 Å². The molecular formula is C16H20FN3O4. The minimum Gasteiger partial charge on any atom is -0.465 e. The first-order valence-corrected chi connectivity index (χ1v) is 7.95. The lowest BCUT2D eigenvalue weighted by molar-refractivity contribution is -0.117. The molecule has 4 N–H and O–H groups in total. The number of rotatable bonds is 7.